The quantitative estimate of drug-likeness (QED) is 0.236. The van der Waals surface area contributed by atoms with E-state index in [0.717, 1.165) is 0 Å². The topological polar surface area (TPSA) is 0 Å². The Hall–Kier alpha value is -3.94. The molecule has 1 heteroatoms. The normalized spacial score (nSPS) is 13.7. The molecule has 0 amide bonds. The largest absolute Gasteiger partial charge is 0.181 e. The molecule has 0 N–H and O–H groups in total. The Morgan fingerprint density at radius 1 is 0.500 bits per heavy atom. The average molecular weight is 449 g/mol. The summed E-state index contributed by atoms with van der Waals surface area (Å²) in [4.78, 5) is 0. The minimum Gasteiger partial charge on any atom is -0.0623 e. The first kappa shape index (κ1) is 19.5. The summed E-state index contributed by atoms with van der Waals surface area (Å²) >= 11 is 0. The van der Waals surface area contributed by atoms with Gasteiger partial charge in [-0.15, -0.1) is 0 Å². The molecule has 160 valence electrons. The lowest BCUT2D eigenvalue weighted by atomic mass is 9.96. The van der Waals surface area contributed by atoms with E-state index in [1.165, 1.54) is 59.0 Å². The highest BCUT2D eigenvalue weighted by molar-refractivity contribution is 7.23. The van der Waals surface area contributed by atoms with Crippen molar-refractivity contribution in [3.8, 4) is 11.1 Å². The van der Waals surface area contributed by atoms with E-state index in [1.807, 2.05) is 0 Å². The number of hydrogen-bond acceptors (Lipinski definition) is 0. The standard InChI is InChI=1S/C33H24Si/c1-23-16-20-28-25(22-23)18-17-24-19-21-30-29-14-8-9-15-31(29)34(33(30)32(24)28,26-10-4-2-5-11-26)27-12-6-3-7-13-27/h2-22H,1H3. The molecule has 0 aliphatic carbocycles. The fourth-order valence-electron chi connectivity index (χ4n) is 6.21. The van der Waals surface area contributed by atoms with Gasteiger partial charge in [0.05, 0.1) is 0 Å². The maximum atomic E-state index is 2.39. The number of rotatable bonds is 2. The zero-order valence-electron chi connectivity index (χ0n) is 19.1. The van der Waals surface area contributed by atoms with Crippen molar-refractivity contribution in [3.63, 3.8) is 0 Å². The van der Waals surface area contributed by atoms with Gasteiger partial charge in [-0.3, -0.25) is 0 Å². The van der Waals surface area contributed by atoms with Crippen molar-refractivity contribution in [2.24, 2.45) is 0 Å². The summed E-state index contributed by atoms with van der Waals surface area (Å²) in [5, 5.41) is 11.4. The first-order valence-electron chi connectivity index (χ1n) is 12.0. The molecular weight excluding hydrogens is 424 g/mol. The van der Waals surface area contributed by atoms with Gasteiger partial charge >= 0.3 is 0 Å². The van der Waals surface area contributed by atoms with Crippen molar-refractivity contribution in [1.82, 2.24) is 0 Å². The highest BCUT2D eigenvalue weighted by Crippen LogP contribution is 2.35. The SMILES string of the molecule is Cc1ccc2c(ccc3ccc4c(c32)[Si](c2ccccc2)(c2ccccc2)c2ccccc2-4)c1. The van der Waals surface area contributed by atoms with Gasteiger partial charge < -0.3 is 0 Å². The summed E-state index contributed by atoms with van der Waals surface area (Å²) in [6.07, 6.45) is 0. The van der Waals surface area contributed by atoms with Gasteiger partial charge in [0.2, 0.25) is 0 Å². The molecule has 6 aromatic carbocycles. The van der Waals surface area contributed by atoms with Crippen molar-refractivity contribution >= 4 is 50.4 Å². The fraction of sp³-hybridized carbons (Fsp3) is 0.0303. The second-order valence-electron chi connectivity index (χ2n) is 9.40. The zero-order chi connectivity index (χ0) is 22.7. The van der Waals surface area contributed by atoms with Crippen LogP contribution in [0.2, 0.25) is 0 Å². The van der Waals surface area contributed by atoms with Crippen LogP contribution in [0, 0.1) is 6.92 Å². The van der Waals surface area contributed by atoms with Crippen LogP contribution in [0.1, 0.15) is 5.56 Å². The minimum absolute atomic E-state index is 1.30. The minimum atomic E-state index is -2.52. The van der Waals surface area contributed by atoms with Crippen LogP contribution in [0.4, 0.5) is 0 Å². The van der Waals surface area contributed by atoms with Crippen LogP contribution < -0.4 is 20.7 Å². The molecule has 1 aliphatic heterocycles. The molecule has 0 unspecified atom stereocenters. The van der Waals surface area contributed by atoms with E-state index in [4.69, 9.17) is 0 Å². The number of benzene rings is 6. The Morgan fingerprint density at radius 2 is 1.12 bits per heavy atom. The molecule has 0 saturated heterocycles. The monoisotopic (exact) mass is 448 g/mol. The summed E-state index contributed by atoms with van der Waals surface area (Å²) in [5.41, 5.74) is 4.09. The van der Waals surface area contributed by atoms with Crippen LogP contribution >= 0.6 is 0 Å². The fourth-order valence-corrected chi connectivity index (χ4v) is 11.6. The van der Waals surface area contributed by atoms with Gasteiger partial charge in [-0.2, -0.15) is 0 Å². The molecule has 0 aromatic heterocycles. The van der Waals surface area contributed by atoms with E-state index in [1.54, 1.807) is 0 Å². The molecule has 0 nitrogen and oxygen atoms in total. The Labute approximate surface area is 201 Å². The van der Waals surface area contributed by atoms with Crippen LogP contribution in [0.25, 0.3) is 32.7 Å². The Balaban J connectivity index is 1.77. The molecule has 0 radical (unpaired) electrons. The third-order valence-electron chi connectivity index (χ3n) is 7.57. The van der Waals surface area contributed by atoms with Crippen LogP contribution in [-0.4, -0.2) is 8.07 Å². The average Bonchev–Trinajstić information content (AvgIpc) is 3.21. The number of hydrogen-bond donors (Lipinski definition) is 0. The third kappa shape index (κ3) is 2.53. The van der Waals surface area contributed by atoms with Gasteiger partial charge in [0.1, 0.15) is 0 Å². The molecule has 0 spiro atoms. The number of aryl methyl sites for hydroxylation is 1. The van der Waals surface area contributed by atoms with Crippen LogP contribution in [0.3, 0.4) is 0 Å². The first-order valence-corrected chi connectivity index (χ1v) is 14.0. The van der Waals surface area contributed by atoms with Crippen LogP contribution in [-0.2, 0) is 0 Å². The smallest absolute Gasteiger partial charge is 0.0623 e. The summed E-state index contributed by atoms with van der Waals surface area (Å²) in [5.74, 6) is 0. The maximum Gasteiger partial charge on any atom is 0.181 e. The molecule has 0 fully saturated rings. The van der Waals surface area contributed by atoms with Crippen LogP contribution in [0.15, 0.2) is 127 Å². The molecular formula is C33H24Si. The lowest BCUT2D eigenvalue weighted by Gasteiger charge is -2.32. The van der Waals surface area contributed by atoms with Crippen molar-refractivity contribution in [3.05, 3.63) is 133 Å². The van der Waals surface area contributed by atoms with Crippen molar-refractivity contribution in [1.29, 1.82) is 0 Å². The molecule has 7 rings (SSSR count). The second kappa shape index (κ2) is 7.28. The van der Waals surface area contributed by atoms with Crippen LogP contribution in [0.5, 0.6) is 0 Å². The van der Waals surface area contributed by atoms with E-state index >= 15 is 0 Å². The summed E-state index contributed by atoms with van der Waals surface area (Å²) in [7, 11) is -2.52. The van der Waals surface area contributed by atoms with E-state index in [-0.39, 0.29) is 0 Å². The highest BCUT2D eigenvalue weighted by Gasteiger charge is 2.49. The van der Waals surface area contributed by atoms with Crippen molar-refractivity contribution in [2.75, 3.05) is 0 Å². The van der Waals surface area contributed by atoms with E-state index in [0.29, 0.717) is 0 Å². The molecule has 1 heterocycles. The Bertz CT molecular complexity index is 1660. The van der Waals surface area contributed by atoms with Gasteiger partial charge in [0.25, 0.3) is 0 Å². The van der Waals surface area contributed by atoms with E-state index in [9.17, 15) is 0 Å². The second-order valence-corrected chi connectivity index (χ2v) is 13.1. The Morgan fingerprint density at radius 3 is 1.85 bits per heavy atom. The maximum absolute atomic E-state index is 2.52. The van der Waals surface area contributed by atoms with E-state index < -0.39 is 8.07 Å². The predicted octanol–water partition coefficient (Wildman–Crippen LogP) is 5.66. The van der Waals surface area contributed by atoms with Crippen molar-refractivity contribution < 1.29 is 0 Å². The Kier molecular flexibility index (Phi) is 4.18. The van der Waals surface area contributed by atoms with Gasteiger partial charge in [-0.25, -0.2) is 0 Å². The summed E-state index contributed by atoms with van der Waals surface area (Å²) in [6.45, 7) is 2.18. The summed E-state index contributed by atoms with van der Waals surface area (Å²) in [6, 6.07) is 47.9. The third-order valence-corrected chi connectivity index (χ3v) is 12.5. The molecule has 0 saturated carbocycles. The molecule has 1 aliphatic rings. The van der Waals surface area contributed by atoms with E-state index in [2.05, 4.69) is 134 Å². The van der Waals surface area contributed by atoms with Gasteiger partial charge in [0.15, 0.2) is 8.07 Å². The lowest BCUT2D eigenvalue weighted by Crippen LogP contribution is -2.73. The number of fused-ring (bicyclic) bond motifs is 7. The predicted molar refractivity (Wildman–Crippen MR) is 149 cm³/mol. The van der Waals surface area contributed by atoms with Gasteiger partial charge in [0, 0.05) is 0 Å². The zero-order valence-corrected chi connectivity index (χ0v) is 20.1. The molecule has 34 heavy (non-hydrogen) atoms. The summed E-state index contributed by atoms with van der Waals surface area (Å²) < 4.78 is 0. The van der Waals surface area contributed by atoms with Gasteiger partial charge in [-0.1, -0.05) is 133 Å². The first-order chi connectivity index (χ1) is 16.8. The van der Waals surface area contributed by atoms with Crippen molar-refractivity contribution in [2.45, 2.75) is 6.92 Å². The molecule has 0 bridgehead atoms. The molecule has 0 atom stereocenters. The van der Waals surface area contributed by atoms with Gasteiger partial charge in [-0.05, 0) is 60.3 Å². The highest BCUT2D eigenvalue weighted by atomic mass is 28.3. The lowest BCUT2D eigenvalue weighted by molar-refractivity contribution is 1.51. The molecule has 6 aromatic rings.